The number of aromatic hydroxyl groups is 1. The van der Waals surface area contributed by atoms with Gasteiger partial charge in [0.25, 0.3) is 0 Å². The number of para-hydroxylation sites is 1. The van der Waals surface area contributed by atoms with E-state index in [9.17, 15) is 14.7 Å². The van der Waals surface area contributed by atoms with Crippen LogP contribution in [0.2, 0.25) is 0 Å². The van der Waals surface area contributed by atoms with Crippen LogP contribution in [0.25, 0.3) is 0 Å². The van der Waals surface area contributed by atoms with Crippen LogP contribution >= 0.6 is 0 Å². The largest absolute Gasteiger partial charge is 0.507 e. The summed E-state index contributed by atoms with van der Waals surface area (Å²) >= 11 is 0. The van der Waals surface area contributed by atoms with E-state index in [0.717, 1.165) is 5.56 Å². The normalized spacial score (nSPS) is 10.6. The summed E-state index contributed by atoms with van der Waals surface area (Å²) < 4.78 is 0. The highest BCUT2D eigenvalue weighted by Crippen LogP contribution is 2.22. The molecule has 0 saturated heterocycles. The van der Waals surface area contributed by atoms with Crippen molar-refractivity contribution in [2.45, 2.75) is 13.5 Å². The van der Waals surface area contributed by atoms with Gasteiger partial charge in [-0.3, -0.25) is 14.5 Å². The van der Waals surface area contributed by atoms with Crippen LogP contribution in [0.15, 0.2) is 18.2 Å². The third-order valence-corrected chi connectivity index (χ3v) is 2.47. The first-order chi connectivity index (χ1) is 8.40. The van der Waals surface area contributed by atoms with E-state index in [2.05, 4.69) is 0 Å². The van der Waals surface area contributed by atoms with Gasteiger partial charge in [-0.1, -0.05) is 18.2 Å². The standard InChI is InChI=1S/C12H17N3O3/c1-8-3-2-4-9(12(8)18)5-15(6-10(13)16)7-11(14)17/h2-4,18H,5-7H2,1H3,(H2,13,16)(H2,14,17). The van der Waals surface area contributed by atoms with E-state index >= 15 is 0 Å². The molecule has 0 saturated carbocycles. The number of rotatable bonds is 6. The molecular formula is C12H17N3O3. The number of phenols is 1. The van der Waals surface area contributed by atoms with Gasteiger partial charge in [-0.15, -0.1) is 0 Å². The van der Waals surface area contributed by atoms with Crippen molar-refractivity contribution in [1.29, 1.82) is 0 Å². The highest BCUT2D eigenvalue weighted by Gasteiger charge is 2.14. The summed E-state index contributed by atoms with van der Waals surface area (Å²) in [4.78, 5) is 23.3. The van der Waals surface area contributed by atoms with E-state index in [4.69, 9.17) is 11.5 Å². The Morgan fingerprint density at radius 1 is 1.22 bits per heavy atom. The van der Waals surface area contributed by atoms with Gasteiger partial charge in [0.2, 0.25) is 11.8 Å². The number of hydrogen-bond donors (Lipinski definition) is 3. The predicted molar refractivity (Wildman–Crippen MR) is 66.5 cm³/mol. The number of carbonyl (C=O) groups is 2. The van der Waals surface area contributed by atoms with E-state index in [0.29, 0.717) is 5.56 Å². The molecule has 5 N–H and O–H groups in total. The van der Waals surface area contributed by atoms with Crippen molar-refractivity contribution >= 4 is 11.8 Å². The molecule has 1 rings (SSSR count). The summed E-state index contributed by atoms with van der Waals surface area (Å²) in [7, 11) is 0. The fraction of sp³-hybridized carbons (Fsp3) is 0.333. The lowest BCUT2D eigenvalue weighted by Crippen LogP contribution is -2.39. The van der Waals surface area contributed by atoms with Gasteiger partial charge < -0.3 is 16.6 Å². The Morgan fingerprint density at radius 3 is 2.28 bits per heavy atom. The monoisotopic (exact) mass is 251 g/mol. The summed E-state index contributed by atoms with van der Waals surface area (Å²) in [6.07, 6.45) is 0. The van der Waals surface area contributed by atoms with Gasteiger partial charge in [0.1, 0.15) is 5.75 Å². The van der Waals surface area contributed by atoms with E-state index in [1.807, 2.05) is 0 Å². The minimum atomic E-state index is -0.552. The smallest absolute Gasteiger partial charge is 0.231 e. The van der Waals surface area contributed by atoms with Gasteiger partial charge in [-0.25, -0.2) is 0 Å². The number of phenolic OH excluding ortho intramolecular Hbond substituents is 1. The van der Waals surface area contributed by atoms with Crippen LogP contribution in [0.1, 0.15) is 11.1 Å². The lowest BCUT2D eigenvalue weighted by Gasteiger charge is -2.19. The van der Waals surface area contributed by atoms with Crippen molar-refractivity contribution in [3.05, 3.63) is 29.3 Å². The maximum Gasteiger partial charge on any atom is 0.231 e. The second-order valence-electron chi connectivity index (χ2n) is 4.16. The van der Waals surface area contributed by atoms with Gasteiger partial charge in [0.05, 0.1) is 13.1 Å². The van der Waals surface area contributed by atoms with Gasteiger partial charge in [-0.05, 0) is 12.5 Å². The second-order valence-corrected chi connectivity index (χ2v) is 4.16. The molecule has 0 radical (unpaired) electrons. The molecular weight excluding hydrogens is 234 g/mol. The number of benzene rings is 1. The Morgan fingerprint density at radius 2 is 1.78 bits per heavy atom. The zero-order valence-corrected chi connectivity index (χ0v) is 10.2. The number of primary amides is 2. The van der Waals surface area contributed by atoms with Crippen LogP contribution in [0, 0.1) is 6.92 Å². The van der Waals surface area contributed by atoms with Crippen LogP contribution in [-0.2, 0) is 16.1 Å². The number of carbonyl (C=O) groups excluding carboxylic acids is 2. The van der Waals surface area contributed by atoms with E-state index in [1.54, 1.807) is 25.1 Å². The minimum Gasteiger partial charge on any atom is -0.507 e. The predicted octanol–water partition coefficient (Wildman–Crippen LogP) is -0.527. The quantitative estimate of drug-likeness (QED) is 0.631. The highest BCUT2D eigenvalue weighted by molar-refractivity contribution is 5.79. The summed E-state index contributed by atoms with van der Waals surface area (Å²) in [5.74, 6) is -0.955. The average Bonchev–Trinajstić information content (AvgIpc) is 2.23. The van der Waals surface area contributed by atoms with Crippen molar-refractivity contribution in [2.75, 3.05) is 13.1 Å². The summed E-state index contributed by atoms with van der Waals surface area (Å²) in [5, 5.41) is 9.86. The zero-order chi connectivity index (χ0) is 13.7. The third-order valence-electron chi connectivity index (χ3n) is 2.47. The first kappa shape index (κ1) is 14.0. The Kier molecular flexibility index (Phi) is 4.67. The number of hydrogen-bond acceptors (Lipinski definition) is 4. The van der Waals surface area contributed by atoms with Gasteiger partial charge in [0.15, 0.2) is 0 Å². The van der Waals surface area contributed by atoms with E-state index < -0.39 is 11.8 Å². The van der Waals surface area contributed by atoms with Crippen LogP contribution in [0.3, 0.4) is 0 Å². The molecule has 18 heavy (non-hydrogen) atoms. The molecule has 1 aromatic carbocycles. The molecule has 6 heteroatoms. The molecule has 1 aromatic rings. The minimum absolute atomic E-state index is 0.0870. The van der Waals surface area contributed by atoms with Crippen molar-refractivity contribution < 1.29 is 14.7 Å². The maximum absolute atomic E-state index is 10.9. The maximum atomic E-state index is 10.9. The average molecular weight is 251 g/mol. The Labute approximate surface area is 105 Å². The Balaban J connectivity index is 2.84. The second kappa shape index (κ2) is 6.02. The van der Waals surface area contributed by atoms with Crippen LogP contribution in [0.5, 0.6) is 5.75 Å². The number of amides is 2. The van der Waals surface area contributed by atoms with Gasteiger partial charge in [-0.2, -0.15) is 0 Å². The molecule has 0 spiro atoms. The molecule has 0 aliphatic rings. The van der Waals surface area contributed by atoms with E-state index in [-0.39, 0.29) is 25.4 Å². The zero-order valence-electron chi connectivity index (χ0n) is 10.2. The van der Waals surface area contributed by atoms with Crippen molar-refractivity contribution in [3.63, 3.8) is 0 Å². The Hall–Kier alpha value is -2.08. The van der Waals surface area contributed by atoms with Crippen LogP contribution < -0.4 is 11.5 Å². The third kappa shape index (κ3) is 4.06. The van der Waals surface area contributed by atoms with Crippen molar-refractivity contribution in [3.8, 4) is 5.75 Å². The molecule has 0 bridgehead atoms. The highest BCUT2D eigenvalue weighted by atomic mass is 16.3. The summed E-state index contributed by atoms with van der Waals surface area (Å²) in [6, 6.07) is 5.28. The molecule has 0 aliphatic heterocycles. The topological polar surface area (TPSA) is 110 Å². The van der Waals surface area contributed by atoms with Crippen molar-refractivity contribution in [1.82, 2.24) is 4.90 Å². The molecule has 0 aromatic heterocycles. The van der Waals surface area contributed by atoms with Crippen LogP contribution in [0.4, 0.5) is 0 Å². The number of nitrogens with zero attached hydrogens (tertiary/aromatic N) is 1. The summed E-state index contributed by atoms with van der Waals surface area (Å²) in [5.41, 5.74) is 11.5. The number of nitrogens with two attached hydrogens (primary N) is 2. The molecule has 0 atom stereocenters. The van der Waals surface area contributed by atoms with Crippen molar-refractivity contribution in [2.24, 2.45) is 11.5 Å². The lowest BCUT2D eigenvalue weighted by molar-refractivity contribution is -0.122. The number of aryl methyl sites for hydroxylation is 1. The van der Waals surface area contributed by atoms with Gasteiger partial charge >= 0.3 is 0 Å². The fourth-order valence-electron chi connectivity index (χ4n) is 1.70. The Bertz CT molecular complexity index is 444. The SMILES string of the molecule is Cc1cccc(CN(CC(N)=O)CC(N)=O)c1O. The van der Waals surface area contributed by atoms with Gasteiger partial charge in [0, 0.05) is 12.1 Å². The summed E-state index contributed by atoms with van der Waals surface area (Å²) in [6.45, 7) is 1.83. The van der Waals surface area contributed by atoms with Crippen LogP contribution in [-0.4, -0.2) is 34.9 Å². The lowest BCUT2D eigenvalue weighted by atomic mass is 10.1. The molecule has 6 nitrogen and oxygen atoms in total. The first-order valence-electron chi connectivity index (χ1n) is 5.46. The first-order valence-corrected chi connectivity index (χ1v) is 5.46. The molecule has 98 valence electrons. The molecule has 0 aliphatic carbocycles. The fourth-order valence-corrected chi connectivity index (χ4v) is 1.70. The molecule has 0 fully saturated rings. The molecule has 2 amide bonds. The molecule has 0 heterocycles. The van der Waals surface area contributed by atoms with E-state index in [1.165, 1.54) is 4.90 Å². The molecule has 0 unspecified atom stereocenters.